The molecule has 2 atom stereocenters. The Balaban J connectivity index is 1.46. The van der Waals surface area contributed by atoms with Crippen LogP contribution in [0.15, 0.2) is 24.3 Å². The second-order valence-corrected chi connectivity index (χ2v) is 8.48. The Hall–Kier alpha value is -1.35. The van der Waals surface area contributed by atoms with Crippen molar-refractivity contribution in [1.29, 1.82) is 0 Å². The summed E-state index contributed by atoms with van der Waals surface area (Å²) in [5, 5.41) is 0. The summed E-state index contributed by atoms with van der Waals surface area (Å²) in [6.07, 6.45) is 10.3. The number of carbonyl (C=O) groups excluding carboxylic acids is 1. The van der Waals surface area contributed by atoms with E-state index >= 15 is 0 Å². The first-order valence-corrected chi connectivity index (χ1v) is 10.3. The molecule has 1 saturated carbocycles. The highest BCUT2D eigenvalue weighted by Crippen LogP contribution is 2.34. The number of likely N-dealkylation sites (tertiary alicyclic amines) is 2. The van der Waals surface area contributed by atoms with Crippen LogP contribution in [0.4, 0.5) is 0 Å². The van der Waals surface area contributed by atoms with Crippen molar-refractivity contribution < 1.29 is 4.79 Å². The fourth-order valence-electron chi connectivity index (χ4n) is 5.34. The Bertz CT molecular complexity index is 591. The third-order valence-corrected chi connectivity index (χ3v) is 6.77. The fourth-order valence-corrected chi connectivity index (χ4v) is 5.34. The number of carbonyl (C=O) groups is 1. The van der Waals surface area contributed by atoms with E-state index in [0.29, 0.717) is 17.9 Å². The van der Waals surface area contributed by atoms with Crippen LogP contribution >= 0.6 is 0 Å². The second kappa shape index (κ2) is 7.49. The first-order chi connectivity index (χ1) is 12.2. The molecule has 1 aromatic carbocycles. The molecule has 3 fully saturated rings. The lowest BCUT2D eigenvalue weighted by Gasteiger charge is -2.46. The van der Waals surface area contributed by atoms with Crippen molar-refractivity contribution >= 4 is 5.91 Å². The molecule has 1 aliphatic carbocycles. The highest BCUT2D eigenvalue weighted by molar-refractivity contribution is 5.94. The standard InChI is InChI=1S/C22H32N2O/c1-23-15-13-21-20(16-23)8-5-14-24(21)22(25)19-11-9-18(10-12-19)17-6-3-2-4-7-17/h9-12,17,20-21H,2-8,13-16H2,1H3. The van der Waals surface area contributed by atoms with Crippen molar-refractivity contribution in [1.82, 2.24) is 9.80 Å². The molecule has 0 bridgehead atoms. The van der Waals surface area contributed by atoms with Crippen LogP contribution in [-0.2, 0) is 0 Å². The summed E-state index contributed by atoms with van der Waals surface area (Å²) in [4.78, 5) is 17.8. The second-order valence-electron chi connectivity index (χ2n) is 8.48. The van der Waals surface area contributed by atoms with Gasteiger partial charge in [-0.25, -0.2) is 0 Å². The number of hydrogen-bond donors (Lipinski definition) is 0. The summed E-state index contributed by atoms with van der Waals surface area (Å²) in [5.74, 6) is 1.64. The van der Waals surface area contributed by atoms with Gasteiger partial charge in [0.2, 0.25) is 0 Å². The van der Waals surface area contributed by atoms with E-state index in [-0.39, 0.29) is 5.91 Å². The Morgan fingerprint density at radius 2 is 1.68 bits per heavy atom. The molecule has 1 amide bonds. The highest BCUT2D eigenvalue weighted by atomic mass is 16.2. The van der Waals surface area contributed by atoms with E-state index < -0.39 is 0 Å². The number of amides is 1. The van der Waals surface area contributed by atoms with Crippen LogP contribution in [0.3, 0.4) is 0 Å². The lowest BCUT2D eigenvalue weighted by Crippen LogP contribution is -2.55. The van der Waals surface area contributed by atoms with E-state index in [9.17, 15) is 4.79 Å². The highest BCUT2D eigenvalue weighted by Gasteiger charge is 2.37. The van der Waals surface area contributed by atoms with Gasteiger partial charge in [0.1, 0.15) is 0 Å². The molecule has 2 aliphatic heterocycles. The number of benzene rings is 1. The first-order valence-electron chi connectivity index (χ1n) is 10.3. The number of nitrogens with zero attached hydrogens (tertiary/aromatic N) is 2. The number of piperidine rings is 2. The summed E-state index contributed by atoms with van der Waals surface area (Å²) in [6, 6.07) is 9.07. The SMILES string of the molecule is CN1CCC2C(CCCN2C(=O)c2ccc(C3CCCCC3)cc2)C1. The van der Waals surface area contributed by atoms with Crippen LogP contribution in [0, 0.1) is 5.92 Å². The molecule has 3 nitrogen and oxygen atoms in total. The Morgan fingerprint density at radius 3 is 2.44 bits per heavy atom. The summed E-state index contributed by atoms with van der Waals surface area (Å²) in [6.45, 7) is 3.20. The van der Waals surface area contributed by atoms with Crippen molar-refractivity contribution in [2.75, 3.05) is 26.7 Å². The summed E-state index contributed by atoms with van der Waals surface area (Å²) in [7, 11) is 2.21. The van der Waals surface area contributed by atoms with E-state index in [2.05, 4.69) is 41.1 Å². The third kappa shape index (κ3) is 3.62. The van der Waals surface area contributed by atoms with Crippen molar-refractivity contribution in [3.63, 3.8) is 0 Å². The predicted octanol–water partition coefficient (Wildman–Crippen LogP) is 4.29. The van der Waals surface area contributed by atoms with Crippen LogP contribution in [-0.4, -0.2) is 48.4 Å². The van der Waals surface area contributed by atoms with Gasteiger partial charge in [0.15, 0.2) is 0 Å². The van der Waals surface area contributed by atoms with Gasteiger partial charge in [-0.05, 0) is 75.2 Å². The Labute approximate surface area is 152 Å². The van der Waals surface area contributed by atoms with Gasteiger partial charge in [0.05, 0.1) is 0 Å². The lowest BCUT2D eigenvalue weighted by molar-refractivity contribution is 0.0254. The molecule has 0 aromatic heterocycles. The summed E-state index contributed by atoms with van der Waals surface area (Å²) < 4.78 is 0. The van der Waals surface area contributed by atoms with E-state index in [1.807, 2.05) is 0 Å². The molecular weight excluding hydrogens is 308 g/mol. The monoisotopic (exact) mass is 340 g/mol. The average Bonchev–Trinajstić information content (AvgIpc) is 2.67. The van der Waals surface area contributed by atoms with E-state index in [1.165, 1.54) is 44.1 Å². The number of fused-ring (bicyclic) bond motifs is 1. The molecule has 0 spiro atoms. The quantitative estimate of drug-likeness (QED) is 0.802. The van der Waals surface area contributed by atoms with Crippen molar-refractivity contribution in [2.45, 2.75) is 63.3 Å². The van der Waals surface area contributed by atoms with Gasteiger partial charge in [-0.2, -0.15) is 0 Å². The van der Waals surface area contributed by atoms with Gasteiger partial charge in [-0.15, -0.1) is 0 Å². The number of rotatable bonds is 2. The minimum atomic E-state index is 0.259. The van der Waals surface area contributed by atoms with Gasteiger partial charge in [-0.3, -0.25) is 4.79 Å². The van der Waals surface area contributed by atoms with E-state index in [0.717, 1.165) is 38.0 Å². The molecule has 2 saturated heterocycles. The molecule has 2 unspecified atom stereocenters. The normalized spacial score (nSPS) is 28.6. The maximum absolute atomic E-state index is 13.1. The summed E-state index contributed by atoms with van der Waals surface area (Å²) in [5.41, 5.74) is 2.33. The van der Waals surface area contributed by atoms with Gasteiger partial charge in [0, 0.05) is 24.7 Å². The molecule has 0 N–H and O–H groups in total. The molecule has 4 rings (SSSR count). The van der Waals surface area contributed by atoms with Crippen molar-refractivity contribution in [3.8, 4) is 0 Å². The predicted molar refractivity (Wildman–Crippen MR) is 102 cm³/mol. The fraction of sp³-hybridized carbons (Fsp3) is 0.682. The minimum absolute atomic E-state index is 0.259. The maximum atomic E-state index is 13.1. The largest absolute Gasteiger partial charge is 0.335 e. The first kappa shape index (κ1) is 17.1. The minimum Gasteiger partial charge on any atom is -0.335 e. The van der Waals surface area contributed by atoms with Crippen molar-refractivity contribution in [2.24, 2.45) is 5.92 Å². The molecule has 3 heteroatoms. The smallest absolute Gasteiger partial charge is 0.254 e. The van der Waals surface area contributed by atoms with Crippen LogP contribution in [0.1, 0.15) is 73.2 Å². The zero-order valence-corrected chi connectivity index (χ0v) is 15.6. The van der Waals surface area contributed by atoms with Gasteiger partial charge in [0.25, 0.3) is 5.91 Å². The van der Waals surface area contributed by atoms with Crippen LogP contribution in [0.5, 0.6) is 0 Å². The molecule has 3 aliphatic rings. The molecule has 0 radical (unpaired) electrons. The third-order valence-electron chi connectivity index (χ3n) is 6.77. The van der Waals surface area contributed by atoms with Gasteiger partial charge in [-0.1, -0.05) is 31.4 Å². The van der Waals surface area contributed by atoms with Gasteiger partial charge < -0.3 is 9.80 Å². The van der Waals surface area contributed by atoms with Crippen molar-refractivity contribution in [3.05, 3.63) is 35.4 Å². The van der Waals surface area contributed by atoms with Crippen LogP contribution < -0.4 is 0 Å². The number of hydrogen-bond acceptors (Lipinski definition) is 2. The molecule has 136 valence electrons. The zero-order valence-electron chi connectivity index (χ0n) is 15.6. The Morgan fingerprint density at radius 1 is 0.920 bits per heavy atom. The van der Waals surface area contributed by atoms with E-state index in [4.69, 9.17) is 0 Å². The molecule has 25 heavy (non-hydrogen) atoms. The molecule has 2 heterocycles. The zero-order chi connectivity index (χ0) is 17.2. The molecular formula is C22H32N2O. The average molecular weight is 341 g/mol. The van der Waals surface area contributed by atoms with Crippen LogP contribution in [0.25, 0.3) is 0 Å². The van der Waals surface area contributed by atoms with E-state index in [1.54, 1.807) is 0 Å². The van der Waals surface area contributed by atoms with Gasteiger partial charge >= 0.3 is 0 Å². The van der Waals surface area contributed by atoms with Crippen LogP contribution in [0.2, 0.25) is 0 Å². The maximum Gasteiger partial charge on any atom is 0.254 e. The topological polar surface area (TPSA) is 23.6 Å². The molecule has 1 aromatic rings. The summed E-state index contributed by atoms with van der Waals surface area (Å²) >= 11 is 0. The Kier molecular flexibility index (Phi) is 5.12. The lowest BCUT2D eigenvalue weighted by atomic mass is 9.83.